The monoisotopic (exact) mass is 776 g/mol. The molecule has 1 aliphatic rings. The zero-order valence-corrected chi connectivity index (χ0v) is 31.7. The van der Waals surface area contributed by atoms with Crippen LogP contribution in [-0.4, -0.2) is 80.2 Å². The topological polar surface area (TPSA) is 170 Å². The maximum Gasteiger partial charge on any atom is 0.343 e. The van der Waals surface area contributed by atoms with Crippen LogP contribution in [0.4, 0.5) is 0 Å². The highest BCUT2D eigenvalue weighted by Gasteiger charge is 2.20. The van der Waals surface area contributed by atoms with Gasteiger partial charge in [-0.1, -0.05) is 57.4 Å². The molecule has 0 radical (unpaired) electrons. The molecule has 0 aliphatic heterocycles. The smallest absolute Gasteiger partial charge is 0.343 e. The molecule has 1 N–H and O–H groups in total. The van der Waals surface area contributed by atoms with Crippen LogP contribution in [0.25, 0.3) is 0 Å². The summed E-state index contributed by atoms with van der Waals surface area (Å²) >= 11 is 0. The summed E-state index contributed by atoms with van der Waals surface area (Å²) < 4.78 is 37.9. The molecule has 0 saturated carbocycles. The highest BCUT2D eigenvalue weighted by molar-refractivity contribution is 5.93. The molecule has 0 saturated heterocycles. The fourth-order valence-electron chi connectivity index (χ4n) is 5.18. The van der Waals surface area contributed by atoms with Crippen LogP contribution in [0.5, 0.6) is 17.2 Å². The van der Waals surface area contributed by atoms with Crippen molar-refractivity contribution in [3.05, 3.63) is 103 Å². The number of aliphatic hydroxyl groups excluding tert-OH is 1. The van der Waals surface area contributed by atoms with Crippen molar-refractivity contribution in [3.8, 4) is 17.2 Å². The molecule has 2 aromatic carbocycles. The molecule has 0 heterocycles. The maximum absolute atomic E-state index is 12.7. The van der Waals surface area contributed by atoms with Crippen LogP contribution in [0.15, 0.2) is 97.6 Å². The van der Waals surface area contributed by atoms with Crippen LogP contribution in [0, 0.1) is 0 Å². The molecule has 0 fully saturated rings. The lowest BCUT2D eigenvalue weighted by molar-refractivity contribution is -0.157. The molecule has 13 heteroatoms. The molecule has 302 valence electrons. The standard InChI is InChI=1S/C43H52O13/c1-3-39(45)53-31-38(54-40(46)4-2)30-52-35-21-17-33(18-22-35)43(49)56-37-25-23-36(24-26-37)55-42(48)32-15-19-34(20-16-32)50-28-12-7-5-6-8-13-29-51-41(47)14-10-9-11-27-44/h3-4,15-21,23-26,35,38,44H,1-2,5-14,22,27-31H2. The summed E-state index contributed by atoms with van der Waals surface area (Å²) in [4.78, 5) is 60.1. The van der Waals surface area contributed by atoms with E-state index in [0.717, 1.165) is 69.9 Å². The van der Waals surface area contributed by atoms with Gasteiger partial charge in [0, 0.05) is 25.2 Å². The summed E-state index contributed by atoms with van der Waals surface area (Å²) in [6, 6.07) is 12.8. The van der Waals surface area contributed by atoms with E-state index >= 15 is 0 Å². The lowest BCUT2D eigenvalue weighted by atomic mass is 10.1. The minimum Gasteiger partial charge on any atom is -0.494 e. The van der Waals surface area contributed by atoms with Gasteiger partial charge in [-0.3, -0.25) is 4.79 Å². The third-order valence-electron chi connectivity index (χ3n) is 8.26. The summed E-state index contributed by atoms with van der Waals surface area (Å²) in [7, 11) is 0. The van der Waals surface area contributed by atoms with E-state index in [4.69, 9.17) is 38.3 Å². The largest absolute Gasteiger partial charge is 0.494 e. The molecule has 2 atom stereocenters. The van der Waals surface area contributed by atoms with E-state index in [1.54, 1.807) is 42.5 Å². The number of ether oxygens (including phenoxy) is 7. The van der Waals surface area contributed by atoms with E-state index in [1.165, 1.54) is 24.3 Å². The SMILES string of the molecule is C=CC(=O)OCC(COC1C=CC(C(=O)Oc2ccc(OC(=O)c3ccc(OCCCCCCCCOC(=O)CCCCCO)cc3)cc2)=CC1)OC(=O)C=C. The second kappa shape index (κ2) is 26.3. The van der Waals surface area contributed by atoms with Crippen molar-refractivity contribution in [2.75, 3.05) is 33.0 Å². The van der Waals surface area contributed by atoms with Crippen LogP contribution in [0.3, 0.4) is 0 Å². The van der Waals surface area contributed by atoms with Crippen LogP contribution < -0.4 is 14.2 Å². The molecule has 3 rings (SSSR count). The number of unbranched alkanes of at least 4 members (excludes halogenated alkanes) is 7. The normalized spacial score (nSPS) is 13.7. The van der Waals surface area contributed by atoms with E-state index in [9.17, 15) is 24.0 Å². The predicted molar refractivity (Wildman–Crippen MR) is 206 cm³/mol. The molecule has 2 aromatic rings. The van der Waals surface area contributed by atoms with Crippen molar-refractivity contribution >= 4 is 29.8 Å². The fourth-order valence-corrected chi connectivity index (χ4v) is 5.18. The number of esters is 5. The van der Waals surface area contributed by atoms with Crippen LogP contribution in [0.2, 0.25) is 0 Å². The van der Waals surface area contributed by atoms with E-state index in [1.807, 2.05) is 0 Å². The van der Waals surface area contributed by atoms with Gasteiger partial charge in [-0.25, -0.2) is 19.2 Å². The minimum atomic E-state index is -0.864. The second-order valence-electron chi connectivity index (χ2n) is 12.7. The molecular formula is C43H52O13. The van der Waals surface area contributed by atoms with E-state index < -0.39 is 36.1 Å². The van der Waals surface area contributed by atoms with Gasteiger partial charge in [0.15, 0.2) is 6.10 Å². The number of aliphatic hydroxyl groups is 1. The van der Waals surface area contributed by atoms with Crippen molar-refractivity contribution in [1.82, 2.24) is 0 Å². The van der Waals surface area contributed by atoms with Gasteiger partial charge >= 0.3 is 29.8 Å². The molecule has 2 unspecified atom stereocenters. The first kappa shape index (κ1) is 44.9. The van der Waals surface area contributed by atoms with Crippen molar-refractivity contribution < 1.29 is 62.2 Å². The quantitative estimate of drug-likeness (QED) is 0.0334. The molecule has 1 aliphatic carbocycles. The Bertz CT molecular complexity index is 1630. The molecule has 0 spiro atoms. The Labute approximate surface area is 327 Å². The Balaban J connectivity index is 1.29. The van der Waals surface area contributed by atoms with Crippen molar-refractivity contribution in [2.45, 2.75) is 82.8 Å². The Kier molecular flexibility index (Phi) is 21.1. The van der Waals surface area contributed by atoms with Gasteiger partial charge in [0.2, 0.25) is 0 Å². The minimum absolute atomic E-state index is 0.0648. The maximum atomic E-state index is 12.7. The summed E-state index contributed by atoms with van der Waals surface area (Å²) in [5.41, 5.74) is 0.663. The van der Waals surface area contributed by atoms with Crippen molar-refractivity contribution in [2.24, 2.45) is 0 Å². The average Bonchev–Trinajstić information content (AvgIpc) is 3.22. The van der Waals surface area contributed by atoms with Crippen LogP contribution in [0.1, 0.15) is 81.0 Å². The van der Waals surface area contributed by atoms with Gasteiger partial charge in [0.1, 0.15) is 23.9 Å². The predicted octanol–water partition coefficient (Wildman–Crippen LogP) is 6.73. The Morgan fingerprint density at radius 1 is 0.696 bits per heavy atom. The number of carbonyl (C=O) groups is 5. The molecule has 13 nitrogen and oxygen atoms in total. The lowest BCUT2D eigenvalue weighted by Crippen LogP contribution is -2.31. The zero-order valence-electron chi connectivity index (χ0n) is 31.7. The summed E-state index contributed by atoms with van der Waals surface area (Å²) in [6.45, 7) is 7.56. The number of rotatable bonds is 27. The first-order valence-electron chi connectivity index (χ1n) is 18.9. The van der Waals surface area contributed by atoms with Crippen LogP contribution >= 0.6 is 0 Å². The molecular weight excluding hydrogens is 724 g/mol. The Morgan fingerprint density at radius 2 is 1.30 bits per heavy atom. The van der Waals surface area contributed by atoms with Gasteiger partial charge in [-0.05, 0) is 86.7 Å². The first-order valence-corrected chi connectivity index (χ1v) is 18.9. The summed E-state index contributed by atoms with van der Waals surface area (Å²) in [5.74, 6) is -1.48. The molecule has 0 aromatic heterocycles. The summed E-state index contributed by atoms with van der Waals surface area (Å²) in [5, 5.41) is 8.77. The first-order chi connectivity index (χ1) is 27.2. The van der Waals surface area contributed by atoms with Crippen LogP contribution in [-0.2, 0) is 38.1 Å². The van der Waals surface area contributed by atoms with Gasteiger partial charge in [0.25, 0.3) is 0 Å². The third kappa shape index (κ3) is 18.2. The van der Waals surface area contributed by atoms with Gasteiger partial charge in [0.05, 0.1) is 37.1 Å². The molecule has 56 heavy (non-hydrogen) atoms. The lowest BCUT2D eigenvalue weighted by Gasteiger charge is -2.21. The third-order valence-corrected chi connectivity index (χ3v) is 8.26. The van der Waals surface area contributed by atoms with Gasteiger partial charge < -0.3 is 38.3 Å². The number of benzene rings is 2. The highest BCUT2D eigenvalue weighted by Crippen LogP contribution is 2.22. The average molecular weight is 777 g/mol. The van der Waals surface area contributed by atoms with Gasteiger partial charge in [-0.15, -0.1) is 0 Å². The fraction of sp³-hybridized carbons (Fsp3) is 0.419. The Hall–Kier alpha value is -5.53. The van der Waals surface area contributed by atoms with E-state index in [0.29, 0.717) is 42.9 Å². The van der Waals surface area contributed by atoms with Crippen molar-refractivity contribution in [3.63, 3.8) is 0 Å². The van der Waals surface area contributed by atoms with Crippen molar-refractivity contribution in [1.29, 1.82) is 0 Å². The van der Waals surface area contributed by atoms with E-state index in [-0.39, 0.29) is 37.3 Å². The van der Waals surface area contributed by atoms with Gasteiger partial charge in [-0.2, -0.15) is 0 Å². The number of carbonyl (C=O) groups excluding carboxylic acids is 5. The molecule has 0 bridgehead atoms. The zero-order chi connectivity index (χ0) is 40.4. The summed E-state index contributed by atoms with van der Waals surface area (Å²) in [6.07, 6.45) is 14.6. The number of hydrogen-bond donors (Lipinski definition) is 1. The second-order valence-corrected chi connectivity index (χ2v) is 12.7. The Morgan fingerprint density at radius 3 is 1.93 bits per heavy atom. The molecule has 0 amide bonds. The highest BCUT2D eigenvalue weighted by atomic mass is 16.6. The van der Waals surface area contributed by atoms with E-state index in [2.05, 4.69) is 13.2 Å². The number of hydrogen-bond acceptors (Lipinski definition) is 13.